The number of aromatic nitrogens is 1. The number of alkyl halides is 3. The van der Waals surface area contributed by atoms with Crippen molar-refractivity contribution in [2.75, 3.05) is 11.4 Å². The number of hydrogen-bond acceptors (Lipinski definition) is 4. The minimum atomic E-state index is -4.49. The summed E-state index contributed by atoms with van der Waals surface area (Å²) in [5, 5.41) is 21.5. The zero-order chi connectivity index (χ0) is 20.8. The molecule has 0 fully saturated rings. The average Bonchev–Trinajstić information content (AvgIpc) is 3.26. The highest BCUT2D eigenvalue weighted by Gasteiger charge is 2.34. The Morgan fingerprint density at radius 2 is 1.90 bits per heavy atom. The fourth-order valence-electron chi connectivity index (χ4n) is 3.06. The molecule has 0 saturated carbocycles. The van der Waals surface area contributed by atoms with E-state index >= 15 is 0 Å². The molecule has 3 aromatic rings. The van der Waals surface area contributed by atoms with Crippen LogP contribution in [-0.4, -0.2) is 22.5 Å². The number of thiazole rings is 1. The van der Waals surface area contributed by atoms with Gasteiger partial charge in [0, 0.05) is 21.7 Å². The lowest BCUT2D eigenvalue weighted by molar-refractivity contribution is -0.137. The van der Waals surface area contributed by atoms with Crippen LogP contribution in [-0.2, 0) is 6.18 Å². The van der Waals surface area contributed by atoms with E-state index in [0.717, 1.165) is 17.7 Å². The van der Waals surface area contributed by atoms with E-state index in [1.165, 1.54) is 28.4 Å². The van der Waals surface area contributed by atoms with Gasteiger partial charge < -0.3 is 10.0 Å². The number of hydrogen-bond donors (Lipinski definition) is 2. The summed E-state index contributed by atoms with van der Waals surface area (Å²) in [6.07, 6.45) is -4.49. The third-order valence-electron chi connectivity index (χ3n) is 4.46. The Hall–Kier alpha value is -2.84. The van der Waals surface area contributed by atoms with E-state index in [-0.39, 0.29) is 29.4 Å². The molecule has 0 aliphatic carbocycles. The van der Waals surface area contributed by atoms with Gasteiger partial charge in [-0.1, -0.05) is 35.9 Å². The molecular formula is C20H13ClF3N3OS. The molecule has 0 spiro atoms. The minimum Gasteiger partial charge on any atom is -0.510 e. The third kappa shape index (κ3) is 3.61. The highest BCUT2D eigenvalue weighted by Crippen LogP contribution is 2.37. The van der Waals surface area contributed by atoms with E-state index < -0.39 is 11.7 Å². The van der Waals surface area contributed by atoms with Gasteiger partial charge in [0.05, 0.1) is 23.4 Å². The van der Waals surface area contributed by atoms with Crippen LogP contribution in [0.2, 0.25) is 5.02 Å². The highest BCUT2D eigenvalue weighted by molar-refractivity contribution is 7.11. The summed E-state index contributed by atoms with van der Waals surface area (Å²) in [6.45, 7) is -0.101. The van der Waals surface area contributed by atoms with Crippen molar-refractivity contribution in [3.05, 3.63) is 75.3 Å². The first-order valence-corrected chi connectivity index (χ1v) is 9.68. The van der Waals surface area contributed by atoms with Crippen LogP contribution >= 0.6 is 22.9 Å². The van der Waals surface area contributed by atoms with Crippen molar-refractivity contribution in [3.63, 3.8) is 0 Å². The number of aliphatic hydroxyl groups is 1. The van der Waals surface area contributed by atoms with Gasteiger partial charge in [-0.2, -0.15) is 13.2 Å². The number of nitrogens with one attached hydrogen (secondary N) is 1. The minimum absolute atomic E-state index is 0.101. The summed E-state index contributed by atoms with van der Waals surface area (Å²) in [6, 6.07) is 11.8. The van der Waals surface area contributed by atoms with Crippen LogP contribution in [0.5, 0.6) is 0 Å². The van der Waals surface area contributed by atoms with Gasteiger partial charge >= 0.3 is 6.18 Å². The number of nitrogens with zero attached hydrogens (tertiary/aromatic N) is 2. The molecule has 148 valence electrons. The van der Waals surface area contributed by atoms with E-state index in [1.807, 2.05) is 12.1 Å². The molecule has 2 N–H and O–H groups in total. The molecule has 4 nitrogen and oxygen atoms in total. The average molecular weight is 436 g/mol. The summed E-state index contributed by atoms with van der Waals surface area (Å²) in [7, 11) is 0. The normalized spacial score (nSPS) is 14.8. The Bertz CT molecular complexity index is 1140. The lowest BCUT2D eigenvalue weighted by Crippen LogP contribution is -2.26. The molecule has 0 saturated heterocycles. The molecule has 2 aromatic carbocycles. The molecule has 2 heterocycles. The Morgan fingerprint density at radius 3 is 2.62 bits per heavy atom. The number of rotatable bonds is 3. The quantitative estimate of drug-likeness (QED) is 0.511. The van der Waals surface area contributed by atoms with Crippen molar-refractivity contribution >= 4 is 40.0 Å². The van der Waals surface area contributed by atoms with E-state index in [4.69, 9.17) is 17.0 Å². The first kappa shape index (κ1) is 19.5. The number of halogens is 4. The topological polar surface area (TPSA) is 60.2 Å². The van der Waals surface area contributed by atoms with Crippen molar-refractivity contribution in [2.24, 2.45) is 0 Å². The van der Waals surface area contributed by atoms with Gasteiger partial charge in [-0.3, -0.25) is 5.41 Å². The molecule has 1 aliphatic heterocycles. The molecule has 1 aliphatic rings. The van der Waals surface area contributed by atoms with Gasteiger partial charge in [-0.25, -0.2) is 4.98 Å². The Kier molecular flexibility index (Phi) is 4.84. The summed E-state index contributed by atoms with van der Waals surface area (Å²) in [4.78, 5) is 5.79. The molecule has 1 aromatic heterocycles. The Morgan fingerprint density at radius 1 is 1.14 bits per heavy atom. The van der Waals surface area contributed by atoms with Crippen LogP contribution in [0.25, 0.3) is 16.8 Å². The highest BCUT2D eigenvalue weighted by atomic mass is 35.5. The van der Waals surface area contributed by atoms with Gasteiger partial charge in [-0.05, 0) is 24.3 Å². The van der Waals surface area contributed by atoms with Crippen molar-refractivity contribution < 1.29 is 18.3 Å². The van der Waals surface area contributed by atoms with Gasteiger partial charge in [-0.15, -0.1) is 11.3 Å². The fourth-order valence-corrected chi connectivity index (χ4v) is 4.17. The van der Waals surface area contributed by atoms with E-state index in [2.05, 4.69) is 4.98 Å². The molecular weight excluding hydrogens is 423 g/mol. The van der Waals surface area contributed by atoms with Crippen molar-refractivity contribution in [1.29, 1.82) is 5.41 Å². The van der Waals surface area contributed by atoms with Gasteiger partial charge in [0.1, 0.15) is 16.6 Å². The summed E-state index contributed by atoms with van der Waals surface area (Å²) < 4.78 is 39.0. The molecule has 0 radical (unpaired) electrons. The Labute approximate surface area is 173 Å². The van der Waals surface area contributed by atoms with Crippen molar-refractivity contribution in [2.45, 2.75) is 6.18 Å². The SMILES string of the molecule is N=C1C(c2nc(-c3ccccc3Cl)cs2)=C(O)CN1c1cccc(C(F)(F)F)c1. The Balaban J connectivity index is 1.65. The summed E-state index contributed by atoms with van der Waals surface area (Å²) in [5.41, 5.74) is 0.878. The van der Waals surface area contributed by atoms with Crippen LogP contribution in [0.4, 0.5) is 18.9 Å². The molecule has 29 heavy (non-hydrogen) atoms. The third-order valence-corrected chi connectivity index (χ3v) is 5.65. The monoisotopic (exact) mass is 435 g/mol. The molecule has 0 unspecified atom stereocenters. The van der Waals surface area contributed by atoms with E-state index in [9.17, 15) is 18.3 Å². The lowest BCUT2D eigenvalue weighted by atomic mass is 10.1. The maximum atomic E-state index is 13.0. The number of anilines is 1. The van der Waals surface area contributed by atoms with Crippen molar-refractivity contribution in [3.8, 4) is 11.3 Å². The number of benzene rings is 2. The standard InChI is InChI=1S/C20H13ClF3N3OS/c21-14-7-2-1-6-13(14)15-10-29-19(26-15)17-16(28)9-27(18(17)25)12-5-3-4-11(8-12)20(22,23)24/h1-8,10,25,28H,9H2. The summed E-state index contributed by atoms with van der Waals surface area (Å²) in [5.74, 6) is -0.227. The maximum Gasteiger partial charge on any atom is 0.416 e. The first-order chi connectivity index (χ1) is 13.8. The zero-order valence-corrected chi connectivity index (χ0v) is 16.2. The van der Waals surface area contributed by atoms with Gasteiger partial charge in [0.15, 0.2) is 0 Å². The maximum absolute atomic E-state index is 13.0. The van der Waals surface area contributed by atoms with Crippen LogP contribution < -0.4 is 4.90 Å². The largest absolute Gasteiger partial charge is 0.510 e. The smallest absolute Gasteiger partial charge is 0.416 e. The second-order valence-corrected chi connectivity index (χ2v) is 7.59. The second kappa shape index (κ2) is 7.20. The first-order valence-electron chi connectivity index (χ1n) is 8.42. The summed E-state index contributed by atoms with van der Waals surface area (Å²) >= 11 is 7.43. The predicted molar refractivity (Wildman–Crippen MR) is 109 cm³/mol. The van der Waals surface area contributed by atoms with Crippen LogP contribution in [0.1, 0.15) is 10.6 Å². The van der Waals surface area contributed by atoms with Crippen LogP contribution in [0.3, 0.4) is 0 Å². The molecule has 0 bridgehead atoms. The molecule has 4 rings (SSSR count). The molecule has 0 amide bonds. The number of amidine groups is 1. The zero-order valence-electron chi connectivity index (χ0n) is 14.7. The van der Waals surface area contributed by atoms with Gasteiger partial charge in [0.25, 0.3) is 0 Å². The van der Waals surface area contributed by atoms with Crippen LogP contribution in [0, 0.1) is 5.41 Å². The fraction of sp³-hybridized carbons (Fsp3) is 0.100. The predicted octanol–water partition coefficient (Wildman–Crippen LogP) is 6.25. The van der Waals surface area contributed by atoms with Gasteiger partial charge in [0.2, 0.25) is 0 Å². The van der Waals surface area contributed by atoms with E-state index in [1.54, 1.807) is 17.5 Å². The van der Waals surface area contributed by atoms with Crippen LogP contribution in [0.15, 0.2) is 59.7 Å². The molecule has 0 atom stereocenters. The molecule has 9 heteroatoms. The van der Waals surface area contributed by atoms with E-state index in [0.29, 0.717) is 15.7 Å². The van der Waals surface area contributed by atoms with Crippen molar-refractivity contribution in [1.82, 2.24) is 4.98 Å². The lowest BCUT2D eigenvalue weighted by Gasteiger charge is -2.20. The second-order valence-electron chi connectivity index (χ2n) is 6.32. The number of aliphatic hydroxyl groups excluding tert-OH is 1.